The number of amides is 1. The Morgan fingerprint density at radius 1 is 1.06 bits per heavy atom. The summed E-state index contributed by atoms with van der Waals surface area (Å²) in [6.07, 6.45) is 11.9. The van der Waals surface area contributed by atoms with Crippen LogP contribution in [0.1, 0.15) is 53.9 Å². The van der Waals surface area contributed by atoms with Crippen molar-refractivity contribution in [3.8, 4) is 0 Å². The minimum atomic E-state index is -0.0989. The van der Waals surface area contributed by atoms with Crippen LogP contribution in [0.15, 0.2) is 24.3 Å². The van der Waals surface area contributed by atoms with E-state index in [-0.39, 0.29) is 11.4 Å². The molecular weight excluding hydrogens is 210 g/mol. The molecule has 0 bridgehead atoms. The summed E-state index contributed by atoms with van der Waals surface area (Å²) in [5.74, 6) is 0.132. The third-order valence-corrected chi connectivity index (χ3v) is 2.55. The zero-order valence-electron chi connectivity index (χ0n) is 12.0. The smallest absolute Gasteiger partial charge is 0.220 e. The fourth-order valence-corrected chi connectivity index (χ4v) is 1.65. The SMILES string of the molecule is CC/C=C\CC/C=C\CN(C(C)=O)C(C)(C)C. The van der Waals surface area contributed by atoms with Crippen LogP contribution in [0.3, 0.4) is 0 Å². The molecule has 0 aliphatic carbocycles. The summed E-state index contributed by atoms with van der Waals surface area (Å²) >= 11 is 0. The second-order valence-electron chi connectivity index (χ2n) is 5.23. The molecule has 0 heterocycles. The summed E-state index contributed by atoms with van der Waals surface area (Å²) in [5, 5.41) is 0. The lowest BCUT2D eigenvalue weighted by atomic mass is 10.1. The van der Waals surface area contributed by atoms with Crippen LogP contribution >= 0.6 is 0 Å². The third kappa shape index (κ3) is 7.78. The van der Waals surface area contributed by atoms with E-state index in [1.807, 2.05) is 4.90 Å². The summed E-state index contributed by atoms with van der Waals surface area (Å²) in [6.45, 7) is 10.7. The van der Waals surface area contributed by atoms with Crippen LogP contribution in [-0.2, 0) is 4.79 Å². The van der Waals surface area contributed by atoms with Gasteiger partial charge in [0.05, 0.1) is 0 Å². The second-order valence-corrected chi connectivity index (χ2v) is 5.23. The molecule has 0 saturated carbocycles. The Morgan fingerprint density at radius 3 is 2.00 bits per heavy atom. The normalized spacial score (nSPS) is 12.5. The van der Waals surface area contributed by atoms with E-state index in [4.69, 9.17) is 0 Å². The first kappa shape index (κ1) is 16.0. The van der Waals surface area contributed by atoms with Gasteiger partial charge in [0.2, 0.25) is 5.91 Å². The minimum absolute atomic E-state index is 0.0989. The first-order chi connectivity index (χ1) is 7.89. The Bertz CT molecular complexity index is 271. The van der Waals surface area contributed by atoms with E-state index in [0.717, 1.165) is 19.3 Å². The average molecular weight is 237 g/mol. The highest BCUT2D eigenvalue weighted by Crippen LogP contribution is 2.13. The Morgan fingerprint density at radius 2 is 1.59 bits per heavy atom. The Labute approximate surface area is 106 Å². The molecule has 0 unspecified atom stereocenters. The van der Waals surface area contributed by atoms with Gasteiger partial charge < -0.3 is 4.90 Å². The van der Waals surface area contributed by atoms with Crippen molar-refractivity contribution in [2.24, 2.45) is 0 Å². The molecule has 98 valence electrons. The maximum Gasteiger partial charge on any atom is 0.220 e. The van der Waals surface area contributed by atoms with Gasteiger partial charge in [-0.25, -0.2) is 0 Å². The molecule has 0 aliphatic heterocycles. The molecule has 0 aliphatic rings. The predicted octanol–water partition coefficient (Wildman–Crippen LogP) is 3.94. The molecule has 0 aromatic carbocycles. The van der Waals surface area contributed by atoms with Gasteiger partial charge in [-0.1, -0.05) is 31.2 Å². The molecule has 1 amide bonds. The van der Waals surface area contributed by atoms with Crippen LogP contribution in [0.4, 0.5) is 0 Å². The maximum atomic E-state index is 11.5. The van der Waals surface area contributed by atoms with Crippen molar-refractivity contribution in [3.05, 3.63) is 24.3 Å². The van der Waals surface area contributed by atoms with Crippen LogP contribution in [0, 0.1) is 0 Å². The van der Waals surface area contributed by atoms with Gasteiger partial charge in [-0.15, -0.1) is 0 Å². The minimum Gasteiger partial charge on any atom is -0.334 e. The highest BCUT2D eigenvalue weighted by Gasteiger charge is 2.21. The van der Waals surface area contributed by atoms with Crippen LogP contribution in [0.25, 0.3) is 0 Å². The van der Waals surface area contributed by atoms with E-state index in [1.54, 1.807) is 6.92 Å². The van der Waals surface area contributed by atoms with Crippen LogP contribution in [0.2, 0.25) is 0 Å². The zero-order chi connectivity index (χ0) is 13.3. The number of hydrogen-bond donors (Lipinski definition) is 0. The predicted molar refractivity (Wildman–Crippen MR) is 74.9 cm³/mol. The molecular formula is C15H27NO. The average Bonchev–Trinajstić information content (AvgIpc) is 2.19. The van der Waals surface area contributed by atoms with Gasteiger partial charge in [-0.05, 0) is 40.0 Å². The molecule has 17 heavy (non-hydrogen) atoms. The molecule has 0 spiro atoms. The van der Waals surface area contributed by atoms with Gasteiger partial charge in [-0.2, -0.15) is 0 Å². The first-order valence-electron chi connectivity index (χ1n) is 6.47. The summed E-state index contributed by atoms with van der Waals surface area (Å²) in [4.78, 5) is 13.4. The summed E-state index contributed by atoms with van der Waals surface area (Å²) < 4.78 is 0. The Kier molecular flexibility index (Phi) is 7.60. The molecule has 0 saturated heterocycles. The number of rotatable bonds is 6. The standard InChI is InChI=1S/C15H27NO/c1-6-7-8-9-10-11-12-13-16(14(2)17)15(3,4)5/h7-8,11-12H,6,9-10,13H2,1-5H3/b8-7-,12-11-. The molecule has 0 N–H and O–H groups in total. The van der Waals surface area contributed by atoms with E-state index in [2.05, 4.69) is 52.0 Å². The summed E-state index contributed by atoms with van der Waals surface area (Å²) in [7, 11) is 0. The molecule has 0 rings (SSSR count). The van der Waals surface area contributed by atoms with Crippen molar-refractivity contribution in [2.45, 2.75) is 59.4 Å². The number of hydrogen-bond acceptors (Lipinski definition) is 1. The van der Waals surface area contributed by atoms with E-state index < -0.39 is 0 Å². The fourth-order valence-electron chi connectivity index (χ4n) is 1.65. The number of carbonyl (C=O) groups excluding carboxylic acids is 1. The Balaban J connectivity index is 4.02. The topological polar surface area (TPSA) is 20.3 Å². The molecule has 0 atom stereocenters. The first-order valence-corrected chi connectivity index (χ1v) is 6.47. The van der Waals surface area contributed by atoms with Gasteiger partial charge in [0.25, 0.3) is 0 Å². The van der Waals surface area contributed by atoms with Gasteiger partial charge in [-0.3, -0.25) is 4.79 Å². The summed E-state index contributed by atoms with van der Waals surface area (Å²) in [6, 6.07) is 0. The lowest BCUT2D eigenvalue weighted by molar-refractivity contribution is -0.132. The van der Waals surface area contributed by atoms with Crippen molar-refractivity contribution in [2.75, 3.05) is 6.54 Å². The van der Waals surface area contributed by atoms with Crippen molar-refractivity contribution < 1.29 is 4.79 Å². The molecule has 0 aromatic heterocycles. The molecule has 0 radical (unpaired) electrons. The second kappa shape index (κ2) is 8.10. The van der Waals surface area contributed by atoms with Crippen molar-refractivity contribution >= 4 is 5.91 Å². The van der Waals surface area contributed by atoms with Crippen molar-refractivity contribution in [1.82, 2.24) is 4.90 Å². The van der Waals surface area contributed by atoms with Gasteiger partial charge in [0.1, 0.15) is 0 Å². The van der Waals surface area contributed by atoms with Gasteiger partial charge >= 0.3 is 0 Å². The number of unbranched alkanes of at least 4 members (excludes halogenated alkanes) is 1. The van der Waals surface area contributed by atoms with Crippen LogP contribution < -0.4 is 0 Å². The highest BCUT2D eigenvalue weighted by atomic mass is 16.2. The maximum absolute atomic E-state index is 11.5. The fraction of sp³-hybridized carbons (Fsp3) is 0.667. The number of carbonyl (C=O) groups is 1. The monoisotopic (exact) mass is 237 g/mol. The largest absolute Gasteiger partial charge is 0.334 e. The third-order valence-electron chi connectivity index (χ3n) is 2.55. The lowest BCUT2D eigenvalue weighted by Crippen LogP contribution is -2.44. The van der Waals surface area contributed by atoms with E-state index in [9.17, 15) is 4.79 Å². The van der Waals surface area contributed by atoms with Crippen LogP contribution in [-0.4, -0.2) is 22.9 Å². The van der Waals surface area contributed by atoms with E-state index in [0.29, 0.717) is 6.54 Å². The van der Waals surface area contributed by atoms with Gasteiger partial charge in [0, 0.05) is 19.0 Å². The highest BCUT2D eigenvalue weighted by molar-refractivity contribution is 5.74. The number of allylic oxidation sites excluding steroid dienone is 3. The van der Waals surface area contributed by atoms with Crippen molar-refractivity contribution in [1.29, 1.82) is 0 Å². The van der Waals surface area contributed by atoms with E-state index >= 15 is 0 Å². The number of nitrogens with zero attached hydrogens (tertiary/aromatic N) is 1. The quantitative estimate of drug-likeness (QED) is 0.506. The lowest BCUT2D eigenvalue weighted by Gasteiger charge is -2.34. The molecule has 0 aromatic rings. The summed E-state index contributed by atoms with van der Waals surface area (Å²) in [5.41, 5.74) is -0.0989. The van der Waals surface area contributed by atoms with Crippen molar-refractivity contribution in [3.63, 3.8) is 0 Å². The van der Waals surface area contributed by atoms with E-state index in [1.165, 1.54) is 0 Å². The molecule has 2 nitrogen and oxygen atoms in total. The Hall–Kier alpha value is -1.05. The zero-order valence-corrected chi connectivity index (χ0v) is 12.0. The molecule has 0 fully saturated rings. The van der Waals surface area contributed by atoms with Gasteiger partial charge in [0.15, 0.2) is 0 Å². The molecule has 2 heteroatoms. The van der Waals surface area contributed by atoms with Crippen LogP contribution in [0.5, 0.6) is 0 Å².